The summed E-state index contributed by atoms with van der Waals surface area (Å²) >= 11 is 0. The monoisotopic (exact) mass is 254 g/mol. The van der Waals surface area contributed by atoms with Gasteiger partial charge in [0.05, 0.1) is 0 Å². The Morgan fingerprint density at radius 1 is 1.22 bits per heavy atom. The number of hydrogen-bond donors (Lipinski definition) is 1. The van der Waals surface area contributed by atoms with Crippen molar-refractivity contribution in [2.45, 2.75) is 91.4 Å². The van der Waals surface area contributed by atoms with Gasteiger partial charge < -0.3 is 5.32 Å². The van der Waals surface area contributed by atoms with E-state index >= 15 is 0 Å². The molecule has 0 saturated carbocycles. The van der Waals surface area contributed by atoms with Crippen LogP contribution in [-0.4, -0.2) is 35.1 Å². The van der Waals surface area contributed by atoms with Crippen molar-refractivity contribution in [3.05, 3.63) is 0 Å². The number of likely N-dealkylation sites (tertiary alicyclic amines) is 1. The molecule has 0 radical (unpaired) electrons. The lowest BCUT2D eigenvalue weighted by atomic mass is 9.98. The van der Waals surface area contributed by atoms with E-state index in [0.717, 1.165) is 18.6 Å². The van der Waals surface area contributed by atoms with E-state index in [1.807, 2.05) is 0 Å². The average molecular weight is 254 g/mol. The van der Waals surface area contributed by atoms with E-state index in [2.05, 4.69) is 58.7 Å². The van der Waals surface area contributed by atoms with Gasteiger partial charge in [0.2, 0.25) is 0 Å². The highest BCUT2D eigenvalue weighted by Gasteiger charge is 2.34. The minimum absolute atomic E-state index is 0.231. The molecule has 4 atom stereocenters. The third-order valence-corrected chi connectivity index (χ3v) is 4.57. The van der Waals surface area contributed by atoms with Crippen molar-refractivity contribution < 1.29 is 0 Å². The van der Waals surface area contributed by atoms with Crippen LogP contribution < -0.4 is 5.32 Å². The predicted molar refractivity (Wildman–Crippen MR) is 81.0 cm³/mol. The molecule has 0 aromatic rings. The molecule has 2 heteroatoms. The smallest absolute Gasteiger partial charge is 0.0110 e. The molecule has 1 aliphatic heterocycles. The highest BCUT2D eigenvalue weighted by molar-refractivity contribution is 4.90. The molecule has 1 aliphatic rings. The third kappa shape index (κ3) is 4.24. The second kappa shape index (κ2) is 6.38. The Hall–Kier alpha value is -0.0800. The minimum atomic E-state index is 0.231. The molecule has 2 nitrogen and oxygen atoms in total. The molecule has 0 aromatic heterocycles. The molecule has 1 rings (SSSR count). The standard InChI is InChI=1S/C16H34N2/c1-8-15-10-9-13(3)18(15)14(4)12(2)11-17-16(5,6)7/h12-15,17H,8-11H2,1-7H3. The summed E-state index contributed by atoms with van der Waals surface area (Å²) < 4.78 is 0. The molecule has 0 aromatic carbocycles. The zero-order valence-electron chi connectivity index (χ0n) is 13.6. The molecule has 4 unspecified atom stereocenters. The van der Waals surface area contributed by atoms with Crippen molar-refractivity contribution in [2.75, 3.05) is 6.54 Å². The van der Waals surface area contributed by atoms with Crippen molar-refractivity contribution >= 4 is 0 Å². The number of rotatable bonds is 5. The van der Waals surface area contributed by atoms with Gasteiger partial charge in [-0.15, -0.1) is 0 Å². The molecule has 1 heterocycles. The molecule has 108 valence electrons. The van der Waals surface area contributed by atoms with Gasteiger partial charge in [-0.05, 0) is 66.3 Å². The van der Waals surface area contributed by atoms with Crippen LogP contribution >= 0.6 is 0 Å². The Balaban J connectivity index is 2.54. The third-order valence-electron chi connectivity index (χ3n) is 4.57. The first kappa shape index (κ1) is 16.0. The van der Waals surface area contributed by atoms with Crippen LogP contribution in [0.3, 0.4) is 0 Å². The summed E-state index contributed by atoms with van der Waals surface area (Å²) in [6, 6.07) is 2.26. The summed E-state index contributed by atoms with van der Waals surface area (Å²) in [6.07, 6.45) is 4.07. The summed E-state index contributed by atoms with van der Waals surface area (Å²) in [4.78, 5) is 2.77. The van der Waals surface area contributed by atoms with Gasteiger partial charge in [-0.1, -0.05) is 13.8 Å². The first-order valence-electron chi connectivity index (χ1n) is 7.78. The Labute approximate surface area is 115 Å². The minimum Gasteiger partial charge on any atom is -0.312 e. The van der Waals surface area contributed by atoms with E-state index < -0.39 is 0 Å². The van der Waals surface area contributed by atoms with Crippen molar-refractivity contribution in [1.82, 2.24) is 10.2 Å². The molecule has 0 amide bonds. The van der Waals surface area contributed by atoms with Gasteiger partial charge in [0, 0.05) is 23.7 Å². The summed E-state index contributed by atoms with van der Waals surface area (Å²) in [6.45, 7) is 17.4. The molecule has 0 spiro atoms. The Morgan fingerprint density at radius 3 is 2.33 bits per heavy atom. The second-order valence-corrected chi connectivity index (χ2v) is 7.28. The van der Waals surface area contributed by atoms with Crippen LogP contribution in [0.15, 0.2) is 0 Å². The Kier molecular flexibility index (Phi) is 5.67. The van der Waals surface area contributed by atoms with Crippen molar-refractivity contribution in [1.29, 1.82) is 0 Å². The van der Waals surface area contributed by atoms with Crippen LogP contribution in [-0.2, 0) is 0 Å². The van der Waals surface area contributed by atoms with Crippen molar-refractivity contribution in [3.63, 3.8) is 0 Å². The molecular weight excluding hydrogens is 220 g/mol. The van der Waals surface area contributed by atoms with Crippen LogP contribution in [0.5, 0.6) is 0 Å². The molecule has 1 fully saturated rings. The Morgan fingerprint density at radius 2 is 1.83 bits per heavy atom. The Bertz CT molecular complexity index is 244. The van der Waals surface area contributed by atoms with Crippen LogP contribution in [0.1, 0.15) is 67.7 Å². The number of nitrogens with zero attached hydrogens (tertiary/aromatic N) is 1. The van der Waals surface area contributed by atoms with Crippen LogP contribution in [0.2, 0.25) is 0 Å². The molecule has 0 aliphatic carbocycles. The van der Waals surface area contributed by atoms with Crippen LogP contribution in [0.25, 0.3) is 0 Å². The zero-order chi connectivity index (χ0) is 13.9. The first-order valence-corrected chi connectivity index (χ1v) is 7.78. The lowest BCUT2D eigenvalue weighted by Crippen LogP contribution is -2.48. The summed E-state index contributed by atoms with van der Waals surface area (Å²) in [7, 11) is 0. The van der Waals surface area contributed by atoms with Gasteiger partial charge in [0.15, 0.2) is 0 Å². The predicted octanol–water partition coefficient (Wildman–Crippen LogP) is 3.66. The van der Waals surface area contributed by atoms with Crippen LogP contribution in [0.4, 0.5) is 0 Å². The van der Waals surface area contributed by atoms with E-state index in [1.54, 1.807) is 0 Å². The summed E-state index contributed by atoms with van der Waals surface area (Å²) in [5.74, 6) is 0.707. The van der Waals surface area contributed by atoms with Gasteiger partial charge in [-0.2, -0.15) is 0 Å². The highest BCUT2D eigenvalue weighted by atomic mass is 15.2. The number of nitrogens with one attached hydrogen (secondary N) is 1. The normalized spacial score (nSPS) is 29.5. The summed E-state index contributed by atoms with van der Waals surface area (Å²) in [5.41, 5.74) is 0.231. The van der Waals surface area contributed by atoms with Crippen LogP contribution in [0, 0.1) is 5.92 Å². The maximum absolute atomic E-state index is 3.65. The van der Waals surface area contributed by atoms with E-state index in [4.69, 9.17) is 0 Å². The van der Waals surface area contributed by atoms with E-state index in [0.29, 0.717) is 12.0 Å². The molecule has 1 saturated heterocycles. The fraction of sp³-hybridized carbons (Fsp3) is 1.00. The average Bonchev–Trinajstić information content (AvgIpc) is 2.65. The molecule has 0 bridgehead atoms. The van der Waals surface area contributed by atoms with Gasteiger partial charge in [-0.3, -0.25) is 4.90 Å². The maximum Gasteiger partial charge on any atom is 0.0110 e. The van der Waals surface area contributed by atoms with E-state index in [1.165, 1.54) is 19.3 Å². The number of hydrogen-bond acceptors (Lipinski definition) is 2. The largest absolute Gasteiger partial charge is 0.312 e. The SMILES string of the molecule is CCC1CCC(C)N1C(C)C(C)CNC(C)(C)C. The molecule has 18 heavy (non-hydrogen) atoms. The van der Waals surface area contributed by atoms with E-state index in [-0.39, 0.29) is 5.54 Å². The first-order chi connectivity index (χ1) is 8.26. The lowest BCUT2D eigenvalue weighted by molar-refractivity contribution is 0.103. The van der Waals surface area contributed by atoms with Gasteiger partial charge in [0.1, 0.15) is 0 Å². The summed E-state index contributed by atoms with van der Waals surface area (Å²) in [5, 5.41) is 3.65. The van der Waals surface area contributed by atoms with E-state index in [9.17, 15) is 0 Å². The topological polar surface area (TPSA) is 15.3 Å². The highest BCUT2D eigenvalue weighted by Crippen LogP contribution is 2.30. The van der Waals surface area contributed by atoms with Gasteiger partial charge in [0.25, 0.3) is 0 Å². The zero-order valence-corrected chi connectivity index (χ0v) is 13.6. The van der Waals surface area contributed by atoms with Crippen molar-refractivity contribution in [3.8, 4) is 0 Å². The van der Waals surface area contributed by atoms with Crippen molar-refractivity contribution in [2.24, 2.45) is 5.92 Å². The van der Waals surface area contributed by atoms with Gasteiger partial charge in [-0.25, -0.2) is 0 Å². The fourth-order valence-electron chi connectivity index (χ4n) is 3.17. The lowest BCUT2D eigenvalue weighted by Gasteiger charge is -2.38. The second-order valence-electron chi connectivity index (χ2n) is 7.28. The molecular formula is C16H34N2. The van der Waals surface area contributed by atoms with Gasteiger partial charge >= 0.3 is 0 Å². The fourth-order valence-corrected chi connectivity index (χ4v) is 3.17. The molecule has 1 N–H and O–H groups in total. The maximum atomic E-state index is 3.65. The quantitative estimate of drug-likeness (QED) is 0.805.